The number of sulfonamides is 1. The van der Waals surface area contributed by atoms with Gasteiger partial charge in [0.05, 0.1) is 11.9 Å². The normalized spacial score (nSPS) is 12.4. The molecule has 10 heteroatoms. The fourth-order valence-electron chi connectivity index (χ4n) is 3.81. The average Bonchev–Trinajstić information content (AvgIpc) is 2.76. The number of carbonyl (C=O) groups excluding carboxylic acids is 2. The summed E-state index contributed by atoms with van der Waals surface area (Å²) in [6, 6.07) is 9.66. The second-order valence-electron chi connectivity index (χ2n) is 9.25. The van der Waals surface area contributed by atoms with Crippen LogP contribution in [0.2, 0.25) is 10.0 Å². The number of carbonyl (C=O) groups is 2. The van der Waals surface area contributed by atoms with Crippen LogP contribution in [0.4, 0.5) is 5.69 Å². The summed E-state index contributed by atoms with van der Waals surface area (Å²) in [5.41, 5.74) is 3.10. The van der Waals surface area contributed by atoms with E-state index < -0.39 is 16.1 Å². The maximum atomic E-state index is 13.4. The van der Waals surface area contributed by atoms with E-state index >= 15 is 0 Å². The van der Waals surface area contributed by atoms with E-state index in [1.54, 1.807) is 31.2 Å². The molecule has 1 unspecified atom stereocenters. The lowest BCUT2D eigenvalue weighted by atomic mass is 10.1. The lowest BCUT2D eigenvalue weighted by Crippen LogP contribution is -2.49. The van der Waals surface area contributed by atoms with Crippen LogP contribution in [-0.4, -0.2) is 50.0 Å². The highest BCUT2D eigenvalue weighted by atomic mass is 35.5. The zero-order chi connectivity index (χ0) is 27.2. The van der Waals surface area contributed by atoms with Crippen LogP contribution >= 0.6 is 23.2 Å². The molecule has 1 atom stereocenters. The Balaban J connectivity index is 2.24. The second-order valence-corrected chi connectivity index (χ2v) is 12.0. The Bertz CT molecular complexity index is 1200. The Labute approximate surface area is 224 Å². The lowest BCUT2D eigenvalue weighted by molar-refractivity contribution is -0.140. The van der Waals surface area contributed by atoms with Gasteiger partial charge in [0.25, 0.3) is 0 Å². The van der Waals surface area contributed by atoms with Gasteiger partial charge in [-0.2, -0.15) is 0 Å². The number of anilines is 1. The van der Waals surface area contributed by atoms with Gasteiger partial charge in [-0.15, -0.1) is 0 Å². The molecule has 7 nitrogen and oxygen atoms in total. The molecule has 1 N–H and O–H groups in total. The minimum Gasteiger partial charge on any atom is -0.352 e. The smallest absolute Gasteiger partial charge is 0.242 e. The Kier molecular flexibility index (Phi) is 10.6. The molecule has 0 aromatic heterocycles. The van der Waals surface area contributed by atoms with Crippen molar-refractivity contribution in [3.63, 3.8) is 0 Å². The predicted molar refractivity (Wildman–Crippen MR) is 147 cm³/mol. The lowest BCUT2D eigenvalue weighted by Gasteiger charge is -2.30. The van der Waals surface area contributed by atoms with Gasteiger partial charge in [0.15, 0.2) is 0 Å². The summed E-state index contributed by atoms with van der Waals surface area (Å²) in [7, 11) is -3.56. The van der Waals surface area contributed by atoms with Crippen molar-refractivity contribution in [1.29, 1.82) is 0 Å². The van der Waals surface area contributed by atoms with E-state index in [2.05, 4.69) is 5.32 Å². The molecule has 0 aliphatic heterocycles. The van der Waals surface area contributed by atoms with Crippen LogP contribution in [0.5, 0.6) is 0 Å². The highest BCUT2D eigenvalue weighted by Gasteiger charge is 2.27. The predicted octanol–water partition coefficient (Wildman–Crippen LogP) is 5.10. The molecular formula is C26H35Cl2N3O4S. The number of halogens is 2. The van der Waals surface area contributed by atoms with Crippen LogP contribution in [-0.2, 0) is 26.2 Å². The van der Waals surface area contributed by atoms with Crippen molar-refractivity contribution in [3.8, 4) is 0 Å². The minimum absolute atomic E-state index is 0.0569. The highest BCUT2D eigenvalue weighted by molar-refractivity contribution is 7.92. The minimum atomic E-state index is -3.56. The molecule has 2 aromatic carbocycles. The molecule has 0 saturated carbocycles. The maximum Gasteiger partial charge on any atom is 0.242 e. The van der Waals surface area contributed by atoms with Gasteiger partial charge in [-0.3, -0.25) is 13.9 Å². The molecule has 0 radical (unpaired) electrons. The monoisotopic (exact) mass is 555 g/mol. The highest BCUT2D eigenvalue weighted by Crippen LogP contribution is 2.26. The molecule has 0 bridgehead atoms. The van der Waals surface area contributed by atoms with E-state index in [4.69, 9.17) is 23.2 Å². The second kappa shape index (κ2) is 12.8. The van der Waals surface area contributed by atoms with Gasteiger partial charge in [0, 0.05) is 35.6 Å². The molecular weight excluding hydrogens is 521 g/mol. The Morgan fingerprint density at radius 1 is 1.06 bits per heavy atom. The van der Waals surface area contributed by atoms with Gasteiger partial charge >= 0.3 is 0 Å². The number of hydrogen-bond acceptors (Lipinski definition) is 4. The summed E-state index contributed by atoms with van der Waals surface area (Å²) in [5.74, 6) is -0.557. The zero-order valence-electron chi connectivity index (χ0n) is 21.6. The topological polar surface area (TPSA) is 86.8 Å². The quantitative estimate of drug-likeness (QED) is 0.418. The zero-order valence-corrected chi connectivity index (χ0v) is 24.0. The van der Waals surface area contributed by atoms with Crippen LogP contribution < -0.4 is 9.62 Å². The molecule has 0 saturated heterocycles. The first kappa shape index (κ1) is 29.9. The van der Waals surface area contributed by atoms with Crippen LogP contribution in [0.3, 0.4) is 0 Å². The first-order valence-corrected chi connectivity index (χ1v) is 14.4. The SMILES string of the molecule is Cc1cccc(N(CCCC(=O)N(Cc2ccc(Cl)cc2Cl)C(C)C(=O)NC(C)C)S(C)(=O)=O)c1C. The van der Waals surface area contributed by atoms with Gasteiger partial charge in [-0.1, -0.05) is 41.4 Å². The summed E-state index contributed by atoms with van der Waals surface area (Å²) >= 11 is 12.4. The third-order valence-corrected chi connectivity index (χ3v) is 7.72. The molecule has 0 heterocycles. The molecule has 0 aliphatic rings. The maximum absolute atomic E-state index is 13.4. The van der Waals surface area contributed by atoms with Crippen molar-refractivity contribution >= 4 is 50.7 Å². The average molecular weight is 557 g/mol. The summed E-state index contributed by atoms with van der Waals surface area (Å²) in [6.45, 7) is 9.41. The van der Waals surface area contributed by atoms with E-state index in [0.717, 1.165) is 17.4 Å². The first-order valence-electron chi connectivity index (χ1n) is 11.8. The number of nitrogens with zero attached hydrogens (tertiary/aromatic N) is 2. The number of hydrogen-bond donors (Lipinski definition) is 1. The number of rotatable bonds is 11. The van der Waals surface area contributed by atoms with E-state index in [0.29, 0.717) is 21.3 Å². The summed E-state index contributed by atoms with van der Waals surface area (Å²) in [5, 5.41) is 3.71. The molecule has 0 fully saturated rings. The molecule has 198 valence electrons. The van der Waals surface area contributed by atoms with E-state index in [-0.39, 0.29) is 43.8 Å². The van der Waals surface area contributed by atoms with Gasteiger partial charge in [-0.25, -0.2) is 8.42 Å². The van der Waals surface area contributed by atoms with Crippen LogP contribution in [0.15, 0.2) is 36.4 Å². The molecule has 0 spiro atoms. The van der Waals surface area contributed by atoms with Crippen molar-refractivity contribution < 1.29 is 18.0 Å². The van der Waals surface area contributed by atoms with E-state index in [1.807, 2.05) is 39.8 Å². The third kappa shape index (κ3) is 8.11. The molecule has 36 heavy (non-hydrogen) atoms. The third-order valence-electron chi connectivity index (χ3n) is 5.95. The molecule has 2 amide bonds. The van der Waals surface area contributed by atoms with Crippen molar-refractivity contribution in [1.82, 2.24) is 10.2 Å². The summed E-state index contributed by atoms with van der Waals surface area (Å²) in [4.78, 5) is 27.6. The number of benzene rings is 2. The fourth-order valence-corrected chi connectivity index (χ4v) is 5.29. The van der Waals surface area contributed by atoms with Gasteiger partial charge in [0.1, 0.15) is 6.04 Å². The van der Waals surface area contributed by atoms with Crippen molar-refractivity contribution in [2.45, 2.75) is 66.1 Å². The van der Waals surface area contributed by atoms with E-state index in [1.165, 1.54) is 9.21 Å². The van der Waals surface area contributed by atoms with Crippen LogP contribution in [0.25, 0.3) is 0 Å². The fraction of sp³-hybridized carbons (Fsp3) is 0.462. The Morgan fingerprint density at radius 2 is 1.72 bits per heavy atom. The van der Waals surface area contributed by atoms with Gasteiger partial charge in [-0.05, 0) is 75.9 Å². The van der Waals surface area contributed by atoms with Crippen molar-refractivity contribution in [2.24, 2.45) is 0 Å². The van der Waals surface area contributed by atoms with Gasteiger partial charge in [0.2, 0.25) is 21.8 Å². The first-order chi connectivity index (χ1) is 16.7. The summed E-state index contributed by atoms with van der Waals surface area (Å²) in [6.07, 6.45) is 1.49. The summed E-state index contributed by atoms with van der Waals surface area (Å²) < 4.78 is 26.5. The van der Waals surface area contributed by atoms with Gasteiger partial charge < -0.3 is 10.2 Å². The molecule has 0 aliphatic carbocycles. The molecule has 2 aromatic rings. The largest absolute Gasteiger partial charge is 0.352 e. The Morgan fingerprint density at radius 3 is 2.31 bits per heavy atom. The van der Waals surface area contributed by atoms with Crippen LogP contribution in [0.1, 0.15) is 50.3 Å². The van der Waals surface area contributed by atoms with Crippen molar-refractivity contribution in [2.75, 3.05) is 17.1 Å². The number of amides is 2. The molecule has 2 rings (SSSR count). The van der Waals surface area contributed by atoms with Crippen molar-refractivity contribution in [3.05, 3.63) is 63.1 Å². The standard InChI is InChI=1S/C26H35Cl2N3O4S/c1-17(2)29-26(33)20(5)30(16-21-12-13-22(27)15-23(21)28)25(32)11-8-14-31(36(6,34)35)24-10-7-9-18(3)19(24)4/h7,9-10,12-13,15,17,20H,8,11,14,16H2,1-6H3,(H,29,33). The van der Waals surface area contributed by atoms with Crippen LogP contribution in [0, 0.1) is 13.8 Å². The number of aryl methyl sites for hydroxylation is 1. The Hall–Kier alpha value is -2.29. The number of nitrogens with one attached hydrogen (secondary N) is 1. The van der Waals surface area contributed by atoms with E-state index in [9.17, 15) is 18.0 Å².